The van der Waals surface area contributed by atoms with Gasteiger partial charge in [-0.05, 0) is 48.8 Å². The number of nitrogens with zero attached hydrogens (tertiary/aromatic N) is 2. The minimum absolute atomic E-state index is 0.0169. The molecule has 1 aromatic carbocycles. The summed E-state index contributed by atoms with van der Waals surface area (Å²) in [5.41, 5.74) is 0.809. The van der Waals surface area contributed by atoms with E-state index < -0.39 is 9.84 Å². The van der Waals surface area contributed by atoms with Gasteiger partial charge in [0.1, 0.15) is 0 Å². The molecule has 0 aromatic heterocycles. The van der Waals surface area contributed by atoms with Crippen LogP contribution >= 0.6 is 11.8 Å². The minimum Gasteiger partial charge on any atom is -0.493 e. The number of hydrogen-bond acceptors (Lipinski definition) is 6. The van der Waals surface area contributed by atoms with Crippen LogP contribution in [0.3, 0.4) is 0 Å². The van der Waals surface area contributed by atoms with E-state index in [0.29, 0.717) is 23.5 Å². The number of rotatable bonds is 5. The number of sulfone groups is 1. The second kappa shape index (κ2) is 7.99. The third-order valence-corrected chi connectivity index (χ3v) is 10.4. The molecule has 2 saturated carbocycles. The Morgan fingerprint density at radius 3 is 2.61 bits per heavy atom. The average molecular weight is 465 g/mol. The van der Waals surface area contributed by atoms with Crippen molar-refractivity contribution in [1.82, 2.24) is 4.90 Å². The second-order valence-electron chi connectivity index (χ2n) is 9.10. The van der Waals surface area contributed by atoms with Crippen LogP contribution < -0.4 is 9.47 Å². The third-order valence-electron chi connectivity index (χ3n) is 7.19. The van der Waals surface area contributed by atoms with E-state index in [2.05, 4.69) is 9.89 Å². The highest BCUT2D eigenvalue weighted by Crippen LogP contribution is 2.51. The van der Waals surface area contributed by atoms with Gasteiger partial charge in [-0.15, -0.1) is 0 Å². The number of fused-ring (bicyclic) bond motifs is 3. The van der Waals surface area contributed by atoms with Crippen LogP contribution in [0.2, 0.25) is 0 Å². The van der Waals surface area contributed by atoms with Crippen molar-refractivity contribution in [1.29, 1.82) is 0 Å². The van der Waals surface area contributed by atoms with E-state index >= 15 is 0 Å². The molecule has 2 heterocycles. The van der Waals surface area contributed by atoms with Crippen LogP contribution in [0, 0.1) is 11.8 Å². The Morgan fingerprint density at radius 2 is 1.94 bits per heavy atom. The lowest BCUT2D eigenvalue weighted by atomic mass is 9.93. The lowest BCUT2D eigenvalue weighted by Gasteiger charge is -2.36. The van der Waals surface area contributed by atoms with Gasteiger partial charge in [-0.2, -0.15) is 4.99 Å². The maximum Gasteiger partial charge on any atom is 0.252 e. The van der Waals surface area contributed by atoms with Crippen LogP contribution in [0.5, 0.6) is 11.5 Å². The van der Waals surface area contributed by atoms with E-state index in [4.69, 9.17) is 9.47 Å². The molecular formula is C22H28N2O5S2. The van der Waals surface area contributed by atoms with Gasteiger partial charge >= 0.3 is 0 Å². The van der Waals surface area contributed by atoms with Gasteiger partial charge in [-0.1, -0.05) is 24.2 Å². The fraction of sp³-hybridized carbons (Fsp3) is 0.636. The number of amides is 1. The van der Waals surface area contributed by atoms with E-state index in [0.717, 1.165) is 23.1 Å². The van der Waals surface area contributed by atoms with Gasteiger partial charge in [-0.3, -0.25) is 4.79 Å². The van der Waals surface area contributed by atoms with Gasteiger partial charge in [0.15, 0.2) is 26.5 Å². The Hall–Kier alpha value is -1.74. The maximum absolute atomic E-state index is 12.9. The molecule has 4 aliphatic rings. The Labute approximate surface area is 187 Å². The molecule has 0 spiro atoms. The van der Waals surface area contributed by atoms with Crippen molar-refractivity contribution >= 4 is 32.7 Å². The number of ether oxygens (including phenoxy) is 2. The number of methoxy groups -OCH3 is 2. The van der Waals surface area contributed by atoms with Crippen LogP contribution in [0.4, 0.5) is 0 Å². The van der Waals surface area contributed by atoms with Gasteiger partial charge in [0.2, 0.25) is 0 Å². The SMILES string of the molecule is COc1ccc(CC(=O)N=C2S[C@@H]3CS(=O)(=O)C[C@H]3N2[C@@H]2C[C@@H]3CC[C@@H]2C3)cc1OC. The highest BCUT2D eigenvalue weighted by Gasteiger charge is 2.54. The van der Waals surface area contributed by atoms with Crippen LogP contribution in [-0.4, -0.2) is 67.5 Å². The third kappa shape index (κ3) is 3.95. The monoisotopic (exact) mass is 464 g/mol. The molecule has 2 aliphatic heterocycles. The molecule has 0 unspecified atom stereocenters. The van der Waals surface area contributed by atoms with E-state index in [9.17, 15) is 13.2 Å². The average Bonchev–Trinajstić information content (AvgIpc) is 3.47. The molecule has 168 valence electrons. The molecule has 5 atom stereocenters. The molecule has 31 heavy (non-hydrogen) atoms. The number of carbonyl (C=O) groups excluding carboxylic acids is 1. The summed E-state index contributed by atoms with van der Waals surface area (Å²) in [6, 6.07) is 5.70. The van der Waals surface area contributed by atoms with Gasteiger partial charge in [0.25, 0.3) is 5.91 Å². The van der Waals surface area contributed by atoms with Gasteiger partial charge < -0.3 is 14.4 Å². The number of benzene rings is 1. The first-order chi connectivity index (χ1) is 14.9. The van der Waals surface area contributed by atoms with Crippen molar-refractivity contribution in [3.63, 3.8) is 0 Å². The summed E-state index contributed by atoms with van der Waals surface area (Å²) in [6.45, 7) is 0. The normalized spacial score (nSPS) is 34.3. The molecule has 0 radical (unpaired) electrons. The Kier molecular flexibility index (Phi) is 5.45. The molecule has 2 bridgehead atoms. The van der Waals surface area contributed by atoms with E-state index in [-0.39, 0.29) is 35.1 Å². The van der Waals surface area contributed by atoms with Crippen LogP contribution in [0.25, 0.3) is 0 Å². The van der Waals surface area contributed by atoms with E-state index in [1.54, 1.807) is 26.4 Å². The van der Waals surface area contributed by atoms with Crippen LogP contribution in [-0.2, 0) is 21.1 Å². The quantitative estimate of drug-likeness (QED) is 0.662. The Bertz CT molecular complexity index is 1020. The summed E-state index contributed by atoms with van der Waals surface area (Å²) in [4.78, 5) is 19.6. The fourth-order valence-corrected chi connectivity index (χ4v) is 9.83. The fourth-order valence-electron chi connectivity index (χ4n) is 5.84. The van der Waals surface area contributed by atoms with E-state index in [1.165, 1.54) is 31.0 Å². The zero-order chi connectivity index (χ0) is 21.8. The molecule has 5 rings (SSSR count). The highest BCUT2D eigenvalue weighted by molar-refractivity contribution is 8.15. The van der Waals surface area contributed by atoms with Crippen molar-refractivity contribution in [3.05, 3.63) is 23.8 Å². The molecule has 9 heteroatoms. The zero-order valence-corrected chi connectivity index (χ0v) is 19.5. The number of aliphatic imine (C=N–C) groups is 1. The first-order valence-corrected chi connectivity index (χ1v) is 13.5. The van der Waals surface area contributed by atoms with Gasteiger partial charge in [-0.25, -0.2) is 8.42 Å². The first kappa shape index (κ1) is 21.1. The predicted octanol–water partition coefficient (Wildman–Crippen LogP) is 2.53. The van der Waals surface area contributed by atoms with Crippen molar-refractivity contribution in [2.24, 2.45) is 16.8 Å². The smallest absolute Gasteiger partial charge is 0.252 e. The molecule has 0 N–H and O–H groups in total. The predicted molar refractivity (Wildman–Crippen MR) is 121 cm³/mol. The molecule has 4 fully saturated rings. The molecule has 2 aliphatic carbocycles. The minimum atomic E-state index is -3.02. The second-order valence-corrected chi connectivity index (χ2v) is 12.5. The standard InChI is InChI=1S/C22H28N2O5S2/c1-28-18-6-4-14(9-19(18)29-2)10-21(25)23-22-24(16-8-13-3-5-15(16)7-13)17-11-31(26,27)12-20(17)30-22/h4,6,9,13,15-17,20H,3,5,7-8,10-12H2,1-2H3/t13-,15-,16-,17-,20-/m1/s1. The number of hydrogen-bond donors (Lipinski definition) is 0. The van der Waals surface area contributed by atoms with E-state index in [1.807, 2.05) is 6.07 Å². The summed E-state index contributed by atoms with van der Waals surface area (Å²) < 4.78 is 35.2. The molecular weight excluding hydrogens is 436 g/mol. The summed E-state index contributed by atoms with van der Waals surface area (Å²) in [5, 5.41) is 0.713. The number of thioether (sulfide) groups is 1. The number of amidine groups is 1. The van der Waals surface area contributed by atoms with Crippen molar-refractivity contribution < 1.29 is 22.7 Å². The Balaban J connectivity index is 1.38. The van der Waals surface area contributed by atoms with Crippen LogP contribution in [0.1, 0.15) is 31.2 Å². The summed E-state index contributed by atoms with van der Waals surface area (Å²) in [6.07, 6.45) is 4.97. The molecule has 1 aromatic rings. The lowest BCUT2D eigenvalue weighted by molar-refractivity contribution is -0.117. The van der Waals surface area contributed by atoms with Crippen molar-refractivity contribution in [2.75, 3.05) is 25.7 Å². The highest BCUT2D eigenvalue weighted by atomic mass is 32.2. The van der Waals surface area contributed by atoms with Crippen LogP contribution in [0.15, 0.2) is 23.2 Å². The largest absolute Gasteiger partial charge is 0.493 e. The van der Waals surface area contributed by atoms with Gasteiger partial charge in [0, 0.05) is 11.3 Å². The van der Waals surface area contributed by atoms with Crippen molar-refractivity contribution in [2.45, 2.75) is 49.4 Å². The molecule has 7 nitrogen and oxygen atoms in total. The van der Waals surface area contributed by atoms with Crippen molar-refractivity contribution in [3.8, 4) is 11.5 Å². The summed E-state index contributed by atoms with van der Waals surface area (Å²) in [5.74, 6) is 2.68. The Morgan fingerprint density at radius 1 is 1.13 bits per heavy atom. The zero-order valence-electron chi connectivity index (χ0n) is 17.8. The topological polar surface area (TPSA) is 85.3 Å². The summed E-state index contributed by atoms with van der Waals surface area (Å²) in [7, 11) is 0.121. The first-order valence-electron chi connectivity index (χ1n) is 10.8. The lowest BCUT2D eigenvalue weighted by Crippen LogP contribution is -2.47. The maximum atomic E-state index is 12.9. The summed E-state index contributed by atoms with van der Waals surface area (Å²) >= 11 is 1.49. The number of carbonyl (C=O) groups is 1. The van der Waals surface area contributed by atoms with Gasteiger partial charge in [0.05, 0.1) is 38.2 Å². The molecule has 2 saturated heterocycles. The molecule has 1 amide bonds.